The van der Waals surface area contributed by atoms with Crippen LogP contribution in [0.3, 0.4) is 0 Å². The van der Waals surface area contributed by atoms with E-state index in [0.717, 1.165) is 22.6 Å². The van der Waals surface area contributed by atoms with Crippen molar-refractivity contribution in [1.82, 2.24) is 9.38 Å². The second-order valence-electron chi connectivity index (χ2n) is 6.42. The highest BCUT2D eigenvalue weighted by Crippen LogP contribution is 2.34. The van der Waals surface area contributed by atoms with Crippen LogP contribution in [0.2, 0.25) is 0 Å². The molecule has 29 heavy (non-hydrogen) atoms. The molecule has 1 aromatic carbocycles. The molecule has 0 radical (unpaired) electrons. The number of hydrogen-bond acceptors (Lipinski definition) is 6. The van der Waals surface area contributed by atoms with E-state index in [1.807, 2.05) is 28.7 Å². The molecule has 6 nitrogen and oxygen atoms in total. The van der Waals surface area contributed by atoms with Crippen molar-refractivity contribution in [2.45, 2.75) is 6.42 Å². The van der Waals surface area contributed by atoms with E-state index in [-0.39, 0.29) is 5.97 Å². The van der Waals surface area contributed by atoms with E-state index in [1.165, 1.54) is 12.7 Å². The molecule has 0 bridgehead atoms. The summed E-state index contributed by atoms with van der Waals surface area (Å²) in [6.45, 7) is 0. The molecule has 3 heterocycles. The molecule has 0 atom stereocenters. The standard InChI is InChI=1S/C22H20N2O4S/c1-26-18-6-4-15(11-19(18)27-2)21-17(10-14-8-9-29-13-14)24-12-16(22(25)28-3)5-7-20(24)23-21/h4-9,11-13H,10H2,1-3H3. The first-order valence-corrected chi connectivity index (χ1v) is 9.91. The lowest BCUT2D eigenvalue weighted by atomic mass is 10.1. The van der Waals surface area contributed by atoms with E-state index in [1.54, 1.807) is 37.8 Å². The highest BCUT2D eigenvalue weighted by molar-refractivity contribution is 7.07. The number of aromatic nitrogens is 2. The first-order chi connectivity index (χ1) is 14.1. The van der Waals surface area contributed by atoms with Crippen LogP contribution in [-0.2, 0) is 11.2 Å². The van der Waals surface area contributed by atoms with Gasteiger partial charge in [0.15, 0.2) is 11.5 Å². The van der Waals surface area contributed by atoms with Gasteiger partial charge in [0.1, 0.15) is 5.65 Å². The minimum Gasteiger partial charge on any atom is -0.493 e. The molecule has 0 fully saturated rings. The van der Waals surface area contributed by atoms with E-state index in [4.69, 9.17) is 19.2 Å². The minimum atomic E-state index is -0.380. The Labute approximate surface area is 172 Å². The number of imidazole rings is 1. The zero-order chi connectivity index (χ0) is 20.4. The lowest BCUT2D eigenvalue weighted by molar-refractivity contribution is 0.0600. The average Bonchev–Trinajstić information content (AvgIpc) is 3.40. The van der Waals surface area contributed by atoms with Crippen LogP contribution in [0, 0.1) is 0 Å². The molecule has 3 aromatic heterocycles. The summed E-state index contributed by atoms with van der Waals surface area (Å²) in [5, 5.41) is 4.16. The molecular formula is C22H20N2O4S. The van der Waals surface area contributed by atoms with Gasteiger partial charge in [0.2, 0.25) is 0 Å². The van der Waals surface area contributed by atoms with Crippen LogP contribution in [0.5, 0.6) is 11.5 Å². The van der Waals surface area contributed by atoms with Crippen molar-refractivity contribution in [3.8, 4) is 22.8 Å². The predicted molar refractivity (Wildman–Crippen MR) is 112 cm³/mol. The molecule has 0 amide bonds. The second-order valence-corrected chi connectivity index (χ2v) is 7.20. The summed E-state index contributed by atoms with van der Waals surface area (Å²) in [6.07, 6.45) is 2.46. The number of carbonyl (C=O) groups is 1. The molecule has 0 saturated carbocycles. The largest absolute Gasteiger partial charge is 0.493 e. The normalized spacial score (nSPS) is 10.9. The van der Waals surface area contributed by atoms with Gasteiger partial charge in [0.25, 0.3) is 0 Å². The maximum atomic E-state index is 12.0. The van der Waals surface area contributed by atoms with Gasteiger partial charge >= 0.3 is 5.97 Å². The van der Waals surface area contributed by atoms with E-state index < -0.39 is 0 Å². The van der Waals surface area contributed by atoms with E-state index in [9.17, 15) is 4.79 Å². The van der Waals surface area contributed by atoms with Gasteiger partial charge in [-0.15, -0.1) is 0 Å². The molecule has 0 aliphatic heterocycles. The summed E-state index contributed by atoms with van der Waals surface area (Å²) in [4.78, 5) is 16.9. The van der Waals surface area contributed by atoms with Crippen LogP contribution >= 0.6 is 11.3 Å². The number of hydrogen-bond donors (Lipinski definition) is 0. The van der Waals surface area contributed by atoms with Crippen molar-refractivity contribution in [1.29, 1.82) is 0 Å². The number of esters is 1. The fourth-order valence-corrected chi connectivity index (χ4v) is 3.97. The summed E-state index contributed by atoms with van der Waals surface area (Å²) < 4.78 is 17.7. The van der Waals surface area contributed by atoms with Crippen LogP contribution < -0.4 is 9.47 Å². The smallest absolute Gasteiger partial charge is 0.339 e. The average molecular weight is 408 g/mol. The van der Waals surface area contributed by atoms with E-state index in [2.05, 4.69) is 16.8 Å². The molecule has 148 valence electrons. The summed E-state index contributed by atoms with van der Waals surface area (Å²) >= 11 is 1.65. The third-order valence-corrected chi connectivity index (χ3v) is 5.48. The Balaban J connectivity index is 1.91. The van der Waals surface area contributed by atoms with Gasteiger partial charge in [-0.2, -0.15) is 11.3 Å². The van der Waals surface area contributed by atoms with Gasteiger partial charge in [0, 0.05) is 18.2 Å². The predicted octanol–water partition coefficient (Wildman–Crippen LogP) is 4.46. The van der Waals surface area contributed by atoms with Gasteiger partial charge in [-0.3, -0.25) is 0 Å². The van der Waals surface area contributed by atoms with Gasteiger partial charge in [-0.25, -0.2) is 9.78 Å². The van der Waals surface area contributed by atoms with Crippen molar-refractivity contribution in [3.63, 3.8) is 0 Å². The Morgan fingerprint density at radius 3 is 2.59 bits per heavy atom. The molecule has 4 aromatic rings. The van der Waals surface area contributed by atoms with E-state index >= 15 is 0 Å². The van der Waals surface area contributed by atoms with Gasteiger partial charge in [-0.05, 0) is 52.7 Å². The highest BCUT2D eigenvalue weighted by atomic mass is 32.1. The SMILES string of the molecule is COC(=O)c1ccc2nc(-c3ccc(OC)c(OC)c3)c(Cc3ccsc3)n2c1. The quantitative estimate of drug-likeness (QED) is 0.441. The van der Waals surface area contributed by atoms with Crippen LogP contribution in [-0.4, -0.2) is 36.7 Å². The zero-order valence-electron chi connectivity index (χ0n) is 16.3. The van der Waals surface area contributed by atoms with Crippen LogP contribution in [0.1, 0.15) is 21.6 Å². The lowest BCUT2D eigenvalue weighted by Crippen LogP contribution is -2.04. The van der Waals surface area contributed by atoms with E-state index in [0.29, 0.717) is 23.5 Å². The summed E-state index contributed by atoms with van der Waals surface area (Å²) in [5.74, 6) is 0.918. The lowest BCUT2D eigenvalue weighted by Gasteiger charge is -2.10. The molecule has 0 aliphatic rings. The molecule has 0 unspecified atom stereocenters. The van der Waals surface area contributed by atoms with Crippen molar-refractivity contribution in [2.75, 3.05) is 21.3 Å². The van der Waals surface area contributed by atoms with Gasteiger partial charge < -0.3 is 18.6 Å². The number of methoxy groups -OCH3 is 3. The van der Waals surface area contributed by atoms with Crippen LogP contribution in [0.15, 0.2) is 53.4 Å². The number of pyridine rings is 1. The molecule has 7 heteroatoms. The molecule has 0 spiro atoms. The first-order valence-electron chi connectivity index (χ1n) is 8.97. The number of carbonyl (C=O) groups excluding carboxylic acids is 1. The maximum Gasteiger partial charge on any atom is 0.339 e. The third-order valence-electron chi connectivity index (χ3n) is 4.75. The third kappa shape index (κ3) is 3.56. The Kier molecular flexibility index (Phi) is 5.22. The minimum absolute atomic E-state index is 0.380. The summed E-state index contributed by atoms with van der Waals surface area (Å²) in [6, 6.07) is 11.4. The number of benzene rings is 1. The summed E-state index contributed by atoms with van der Waals surface area (Å²) in [7, 11) is 4.60. The maximum absolute atomic E-state index is 12.0. The highest BCUT2D eigenvalue weighted by Gasteiger charge is 2.18. The van der Waals surface area contributed by atoms with Gasteiger partial charge in [-0.1, -0.05) is 0 Å². The fourth-order valence-electron chi connectivity index (χ4n) is 3.30. The van der Waals surface area contributed by atoms with Crippen molar-refractivity contribution in [2.24, 2.45) is 0 Å². The Hall–Kier alpha value is -3.32. The topological polar surface area (TPSA) is 62.1 Å². The number of nitrogens with zero attached hydrogens (tertiary/aromatic N) is 2. The second kappa shape index (κ2) is 7.97. The van der Waals surface area contributed by atoms with Crippen molar-refractivity contribution in [3.05, 3.63) is 70.2 Å². The van der Waals surface area contributed by atoms with Gasteiger partial charge in [0.05, 0.1) is 38.3 Å². The number of ether oxygens (including phenoxy) is 3. The number of thiophene rings is 1. The molecular weight excluding hydrogens is 388 g/mol. The zero-order valence-corrected chi connectivity index (χ0v) is 17.2. The molecule has 0 N–H and O–H groups in total. The van der Waals surface area contributed by atoms with Crippen LogP contribution in [0.25, 0.3) is 16.9 Å². The molecule has 4 rings (SSSR count). The number of rotatable bonds is 6. The monoisotopic (exact) mass is 408 g/mol. The van der Waals surface area contributed by atoms with Crippen molar-refractivity contribution < 1.29 is 19.0 Å². The molecule has 0 saturated heterocycles. The fraction of sp³-hybridized carbons (Fsp3) is 0.182. The molecule has 0 aliphatic carbocycles. The number of fused-ring (bicyclic) bond motifs is 1. The summed E-state index contributed by atoms with van der Waals surface area (Å²) in [5.41, 5.74) is 5.14. The Morgan fingerprint density at radius 1 is 1.07 bits per heavy atom. The first kappa shape index (κ1) is 19.0. The van der Waals surface area contributed by atoms with Crippen LogP contribution in [0.4, 0.5) is 0 Å². The Morgan fingerprint density at radius 2 is 1.90 bits per heavy atom. The van der Waals surface area contributed by atoms with Crippen molar-refractivity contribution >= 4 is 23.0 Å². The Bertz CT molecular complexity index is 1170.